The minimum atomic E-state index is -0.0639. The molecule has 0 bridgehead atoms. The molecule has 1 rings (SSSR count). The molecule has 1 aromatic rings. The maximum Gasteiger partial charge on any atom is 0.202 e. The van der Waals surface area contributed by atoms with E-state index in [1.165, 1.54) is 19.2 Å². The molecule has 72 valence electrons. The Balaban J connectivity index is 3.05. The van der Waals surface area contributed by atoms with Crippen molar-refractivity contribution in [2.45, 2.75) is 6.42 Å². The van der Waals surface area contributed by atoms with Gasteiger partial charge in [0, 0.05) is 0 Å². The molecule has 0 spiro atoms. The molecule has 0 amide bonds. The second-order valence-electron chi connectivity index (χ2n) is 2.71. The summed E-state index contributed by atoms with van der Waals surface area (Å²) in [6.45, 7) is 0.477. The highest BCUT2D eigenvalue weighted by Gasteiger charge is 2.08. The van der Waals surface area contributed by atoms with Gasteiger partial charge in [-0.25, -0.2) is 0 Å². The second kappa shape index (κ2) is 4.00. The fraction of sp³-hybridized carbons (Fsp3) is 0.333. The largest absolute Gasteiger partial charge is 0.504 e. The maximum absolute atomic E-state index is 9.37. The standard InChI is InChI=1S/C9H13NO3/c1-13-9-7(11)4-6(2-3-10)5-8(9)12/h4-5,11-12H,2-3,10H2,1H3. The number of hydrogen-bond acceptors (Lipinski definition) is 4. The van der Waals surface area contributed by atoms with Gasteiger partial charge in [0.1, 0.15) is 0 Å². The van der Waals surface area contributed by atoms with Crippen LogP contribution in [0.5, 0.6) is 17.2 Å². The monoisotopic (exact) mass is 183 g/mol. The predicted octanol–water partition coefficient (Wildman–Crippen LogP) is 0.608. The average Bonchev–Trinajstić information content (AvgIpc) is 2.04. The molecule has 1 aromatic carbocycles. The van der Waals surface area contributed by atoms with Crippen LogP contribution in [0.2, 0.25) is 0 Å². The van der Waals surface area contributed by atoms with Crippen LogP contribution >= 0.6 is 0 Å². The summed E-state index contributed by atoms with van der Waals surface area (Å²) in [6.07, 6.45) is 0.616. The van der Waals surface area contributed by atoms with Crippen LogP contribution in [0.4, 0.5) is 0 Å². The van der Waals surface area contributed by atoms with Crippen molar-refractivity contribution < 1.29 is 14.9 Å². The van der Waals surface area contributed by atoms with Gasteiger partial charge in [0.25, 0.3) is 0 Å². The molecule has 0 fully saturated rings. The Morgan fingerprint density at radius 2 is 1.85 bits per heavy atom. The van der Waals surface area contributed by atoms with Gasteiger partial charge in [0.2, 0.25) is 5.75 Å². The minimum absolute atomic E-state index is 0.0639. The summed E-state index contributed by atoms with van der Waals surface area (Å²) in [6, 6.07) is 3.07. The van der Waals surface area contributed by atoms with Gasteiger partial charge >= 0.3 is 0 Å². The summed E-state index contributed by atoms with van der Waals surface area (Å²) < 4.78 is 4.78. The van der Waals surface area contributed by atoms with Crippen LogP contribution in [-0.4, -0.2) is 23.9 Å². The van der Waals surface area contributed by atoms with Gasteiger partial charge in [-0.3, -0.25) is 0 Å². The first-order chi connectivity index (χ1) is 6.19. The summed E-state index contributed by atoms with van der Waals surface area (Å²) >= 11 is 0. The molecule has 0 radical (unpaired) electrons. The van der Waals surface area contributed by atoms with Gasteiger partial charge in [-0.05, 0) is 30.7 Å². The third-order valence-corrected chi connectivity index (χ3v) is 1.75. The van der Waals surface area contributed by atoms with E-state index in [1.807, 2.05) is 0 Å². The lowest BCUT2D eigenvalue weighted by molar-refractivity contribution is 0.344. The molecule has 13 heavy (non-hydrogen) atoms. The molecule has 0 atom stereocenters. The molecule has 0 aliphatic carbocycles. The van der Waals surface area contributed by atoms with Crippen molar-refractivity contribution in [3.63, 3.8) is 0 Å². The number of nitrogens with two attached hydrogens (primary N) is 1. The molecule has 4 nitrogen and oxygen atoms in total. The number of ether oxygens (including phenoxy) is 1. The number of rotatable bonds is 3. The van der Waals surface area contributed by atoms with Crippen molar-refractivity contribution in [1.82, 2.24) is 0 Å². The Morgan fingerprint density at radius 1 is 1.31 bits per heavy atom. The molecular weight excluding hydrogens is 170 g/mol. The molecule has 4 heteroatoms. The van der Waals surface area contributed by atoms with E-state index < -0.39 is 0 Å². The maximum atomic E-state index is 9.37. The fourth-order valence-corrected chi connectivity index (χ4v) is 1.18. The van der Waals surface area contributed by atoms with Crippen molar-refractivity contribution in [1.29, 1.82) is 0 Å². The van der Waals surface area contributed by atoms with E-state index in [9.17, 15) is 10.2 Å². The van der Waals surface area contributed by atoms with Crippen molar-refractivity contribution in [2.75, 3.05) is 13.7 Å². The lowest BCUT2D eigenvalue weighted by Crippen LogP contribution is -2.02. The van der Waals surface area contributed by atoms with E-state index in [1.54, 1.807) is 0 Å². The van der Waals surface area contributed by atoms with E-state index >= 15 is 0 Å². The summed E-state index contributed by atoms with van der Waals surface area (Å²) in [4.78, 5) is 0. The summed E-state index contributed by atoms with van der Waals surface area (Å²) in [5.74, 6) is -0.0299. The fourth-order valence-electron chi connectivity index (χ4n) is 1.18. The van der Waals surface area contributed by atoms with Gasteiger partial charge in [-0.1, -0.05) is 0 Å². The quantitative estimate of drug-likeness (QED) is 0.641. The number of methoxy groups -OCH3 is 1. The Hall–Kier alpha value is -1.42. The highest BCUT2D eigenvalue weighted by atomic mass is 16.5. The zero-order chi connectivity index (χ0) is 9.84. The predicted molar refractivity (Wildman–Crippen MR) is 49.1 cm³/mol. The number of aromatic hydroxyl groups is 2. The van der Waals surface area contributed by atoms with Gasteiger partial charge in [0.15, 0.2) is 11.5 Å². The topological polar surface area (TPSA) is 75.7 Å². The smallest absolute Gasteiger partial charge is 0.202 e. The first-order valence-electron chi connectivity index (χ1n) is 3.98. The average molecular weight is 183 g/mol. The highest BCUT2D eigenvalue weighted by Crippen LogP contribution is 2.36. The second-order valence-corrected chi connectivity index (χ2v) is 2.71. The van der Waals surface area contributed by atoms with Crippen LogP contribution in [0.3, 0.4) is 0 Å². The molecule has 0 heterocycles. The Bertz CT molecular complexity index is 276. The van der Waals surface area contributed by atoms with Crippen molar-refractivity contribution >= 4 is 0 Å². The molecule has 4 N–H and O–H groups in total. The zero-order valence-corrected chi connectivity index (χ0v) is 7.45. The zero-order valence-electron chi connectivity index (χ0n) is 7.45. The van der Waals surface area contributed by atoms with Crippen LogP contribution in [0.25, 0.3) is 0 Å². The van der Waals surface area contributed by atoms with E-state index in [-0.39, 0.29) is 17.2 Å². The SMILES string of the molecule is COc1c(O)cc(CCN)cc1O. The van der Waals surface area contributed by atoms with E-state index in [0.29, 0.717) is 13.0 Å². The van der Waals surface area contributed by atoms with E-state index in [2.05, 4.69) is 0 Å². The molecule has 0 aliphatic heterocycles. The van der Waals surface area contributed by atoms with E-state index in [4.69, 9.17) is 10.5 Å². The van der Waals surface area contributed by atoms with Crippen molar-refractivity contribution in [3.8, 4) is 17.2 Å². The van der Waals surface area contributed by atoms with E-state index in [0.717, 1.165) is 5.56 Å². The molecule has 0 saturated carbocycles. The normalized spacial score (nSPS) is 10.0. The number of phenolic OH excluding ortho intramolecular Hbond substituents is 2. The first kappa shape index (κ1) is 9.67. The van der Waals surface area contributed by atoms with Crippen LogP contribution in [0.15, 0.2) is 12.1 Å². The molecular formula is C9H13NO3. The molecule has 0 aliphatic rings. The van der Waals surface area contributed by atoms with Crippen LogP contribution in [0, 0.1) is 0 Å². The molecule has 0 aromatic heterocycles. The summed E-state index contributed by atoms with van der Waals surface area (Å²) in [5, 5.41) is 18.7. The molecule has 0 unspecified atom stereocenters. The Kier molecular flexibility index (Phi) is 2.97. The van der Waals surface area contributed by atoms with Crippen LogP contribution < -0.4 is 10.5 Å². The first-order valence-corrected chi connectivity index (χ1v) is 3.98. The van der Waals surface area contributed by atoms with Gasteiger partial charge in [-0.2, -0.15) is 0 Å². The lowest BCUT2D eigenvalue weighted by atomic mass is 10.1. The number of phenols is 2. The van der Waals surface area contributed by atoms with Gasteiger partial charge < -0.3 is 20.7 Å². The van der Waals surface area contributed by atoms with Crippen molar-refractivity contribution in [2.24, 2.45) is 5.73 Å². The van der Waals surface area contributed by atoms with Gasteiger partial charge in [0.05, 0.1) is 7.11 Å². The van der Waals surface area contributed by atoms with Crippen LogP contribution in [-0.2, 0) is 6.42 Å². The molecule has 0 saturated heterocycles. The minimum Gasteiger partial charge on any atom is -0.504 e. The third-order valence-electron chi connectivity index (χ3n) is 1.75. The Morgan fingerprint density at radius 3 is 2.23 bits per heavy atom. The van der Waals surface area contributed by atoms with Crippen LogP contribution in [0.1, 0.15) is 5.56 Å². The summed E-state index contributed by atoms with van der Waals surface area (Å²) in [5.41, 5.74) is 6.13. The third kappa shape index (κ3) is 2.03. The number of benzene rings is 1. The number of hydrogen-bond donors (Lipinski definition) is 3. The Labute approximate surface area is 76.6 Å². The van der Waals surface area contributed by atoms with Crippen molar-refractivity contribution in [3.05, 3.63) is 17.7 Å². The van der Waals surface area contributed by atoms with Gasteiger partial charge in [-0.15, -0.1) is 0 Å². The lowest BCUT2D eigenvalue weighted by Gasteiger charge is -2.07. The summed E-state index contributed by atoms with van der Waals surface area (Å²) in [7, 11) is 1.39. The highest BCUT2D eigenvalue weighted by molar-refractivity contribution is 5.52.